The summed E-state index contributed by atoms with van der Waals surface area (Å²) in [5, 5.41) is 8.62. The van der Waals surface area contributed by atoms with Crippen molar-refractivity contribution in [2.24, 2.45) is 35.5 Å². The van der Waals surface area contributed by atoms with Gasteiger partial charge in [-0.1, -0.05) is 18.6 Å². The molecule has 3 fully saturated rings. The van der Waals surface area contributed by atoms with Gasteiger partial charge in [0, 0.05) is 13.0 Å². The van der Waals surface area contributed by atoms with E-state index in [0.29, 0.717) is 31.2 Å². The summed E-state index contributed by atoms with van der Waals surface area (Å²) in [6.45, 7) is 0.457. The van der Waals surface area contributed by atoms with Crippen molar-refractivity contribution in [3.05, 3.63) is 12.2 Å². The van der Waals surface area contributed by atoms with Gasteiger partial charge < -0.3 is 5.11 Å². The lowest BCUT2D eigenvalue weighted by Crippen LogP contribution is -2.40. The first kappa shape index (κ1) is 14.0. The number of carbonyl (C=O) groups excluding carboxylic acids is 2. The van der Waals surface area contributed by atoms with Crippen LogP contribution in [-0.2, 0) is 14.4 Å². The van der Waals surface area contributed by atoms with Gasteiger partial charge >= 0.3 is 5.97 Å². The zero-order valence-electron chi connectivity index (χ0n) is 12.5. The average Bonchev–Trinajstić information content (AvgIpc) is 3.26. The van der Waals surface area contributed by atoms with E-state index < -0.39 is 5.97 Å². The van der Waals surface area contributed by atoms with Gasteiger partial charge in [0.25, 0.3) is 0 Å². The Morgan fingerprint density at radius 3 is 2.18 bits per heavy atom. The Balaban J connectivity index is 1.39. The molecule has 22 heavy (non-hydrogen) atoms. The second kappa shape index (κ2) is 4.93. The van der Waals surface area contributed by atoms with Crippen molar-refractivity contribution in [1.82, 2.24) is 4.90 Å². The van der Waals surface area contributed by atoms with E-state index in [2.05, 4.69) is 12.2 Å². The lowest BCUT2D eigenvalue weighted by Gasteiger charge is -2.37. The van der Waals surface area contributed by atoms with E-state index in [0.717, 1.165) is 6.42 Å². The molecule has 118 valence electrons. The molecule has 0 aromatic rings. The first-order valence-electron chi connectivity index (χ1n) is 8.35. The Morgan fingerprint density at radius 2 is 1.64 bits per heavy atom. The van der Waals surface area contributed by atoms with E-state index in [-0.39, 0.29) is 41.9 Å². The first-order chi connectivity index (χ1) is 10.6. The number of allylic oxidation sites excluding steroid dienone is 2. The van der Waals surface area contributed by atoms with Gasteiger partial charge in [-0.15, -0.1) is 0 Å². The lowest BCUT2D eigenvalue weighted by atomic mass is 9.63. The van der Waals surface area contributed by atoms with E-state index in [1.807, 2.05) is 0 Å². The fourth-order valence-corrected chi connectivity index (χ4v) is 4.96. The third-order valence-corrected chi connectivity index (χ3v) is 6.03. The quantitative estimate of drug-likeness (QED) is 0.460. The van der Waals surface area contributed by atoms with Crippen molar-refractivity contribution in [3.63, 3.8) is 0 Å². The predicted molar refractivity (Wildman–Crippen MR) is 77.5 cm³/mol. The zero-order valence-corrected chi connectivity index (χ0v) is 12.5. The summed E-state index contributed by atoms with van der Waals surface area (Å²) < 4.78 is 0. The van der Waals surface area contributed by atoms with Gasteiger partial charge in [-0.2, -0.15) is 0 Å². The van der Waals surface area contributed by atoms with Crippen LogP contribution in [0.1, 0.15) is 32.1 Å². The SMILES string of the molecule is O=C(O)CCCCCN1C(=O)[C@@H]2[C@@H]3C=C[C@H]([C@H]4C[C@H]34)[C@@H]2C1=O. The van der Waals surface area contributed by atoms with Crippen LogP contribution in [0.25, 0.3) is 0 Å². The molecule has 0 aromatic heterocycles. The van der Waals surface area contributed by atoms with Gasteiger partial charge in [0.15, 0.2) is 0 Å². The number of unbranched alkanes of at least 4 members (excludes halogenated alkanes) is 2. The number of hydrogen-bond donors (Lipinski definition) is 1. The smallest absolute Gasteiger partial charge is 0.303 e. The second-order valence-electron chi connectivity index (χ2n) is 7.19. The number of carbonyl (C=O) groups is 3. The van der Waals surface area contributed by atoms with Crippen LogP contribution in [0.4, 0.5) is 0 Å². The average molecular weight is 303 g/mol. The number of imide groups is 1. The normalized spacial score (nSPS) is 40.8. The van der Waals surface area contributed by atoms with E-state index in [1.165, 1.54) is 11.3 Å². The van der Waals surface area contributed by atoms with Crippen LogP contribution >= 0.6 is 0 Å². The Morgan fingerprint density at radius 1 is 1.05 bits per heavy atom. The molecular weight excluding hydrogens is 282 g/mol. The van der Waals surface area contributed by atoms with Crippen LogP contribution in [0.2, 0.25) is 0 Å². The molecule has 5 rings (SSSR count). The fourth-order valence-electron chi connectivity index (χ4n) is 4.96. The number of hydrogen-bond acceptors (Lipinski definition) is 3. The van der Waals surface area contributed by atoms with Gasteiger partial charge in [-0.3, -0.25) is 19.3 Å². The molecule has 6 atom stereocenters. The van der Waals surface area contributed by atoms with Crippen molar-refractivity contribution in [3.8, 4) is 0 Å². The number of carboxylic acid groups (broad SMARTS) is 1. The highest BCUT2D eigenvalue weighted by Crippen LogP contribution is 2.65. The minimum atomic E-state index is -0.791. The molecule has 0 aromatic carbocycles. The molecule has 2 bridgehead atoms. The molecule has 5 nitrogen and oxygen atoms in total. The number of amides is 2. The molecule has 1 aliphatic heterocycles. The molecule has 0 radical (unpaired) electrons. The van der Waals surface area contributed by atoms with E-state index in [9.17, 15) is 14.4 Å². The number of nitrogens with zero attached hydrogens (tertiary/aromatic N) is 1. The maximum Gasteiger partial charge on any atom is 0.303 e. The van der Waals surface area contributed by atoms with Crippen LogP contribution in [0, 0.1) is 35.5 Å². The van der Waals surface area contributed by atoms with Crippen LogP contribution in [0.5, 0.6) is 0 Å². The van der Waals surface area contributed by atoms with Crippen LogP contribution < -0.4 is 0 Å². The summed E-state index contributed by atoms with van der Waals surface area (Å²) in [4.78, 5) is 37.3. The molecule has 0 spiro atoms. The monoisotopic (exact) mass is 303 g/mol. The summed E-state index contributed by atoms with van der Waals surface area (Å²) in [6.07, 6.45) is 7.77. The van der Waals surface area contributed by atoms with E-state index >= 15 is 0 Å². The highest BCUT2D eigenvalue weighted by Gasteiger charge is 2.66. The fraction of sp³-hybridized carbons (Fsp3) is 0.706. The van der Waals surface area contributed by atoms with Crippen LogP contribution in [0.15, 0.2) is 12.2 Å². The Kier molecular flexibility index (Phi) is 3.13. The molecule has 2 amide bonds. The van der Waals surface area contributed by atoms with E-state index in [1.54, 1.807) is 0 Å². The standard InChI is InChI=1S/C17H21NO4/c19-13(20)4-2-1-3-7-18-16(21)14-9-5-6-10(12-8-11(9)12)15(14)17(18)22/h5-6,9-12,14-15H,1-4,7-8H2,(H,19,20)/t9-,10-,11-,12-,14-,15+/m1/s1. The highest BCUT2D eigenvalue weighted by atomic mass is 16.4. The van der Waals surface area contributed by atoms with Crippen molar-refractivity contribution in [2.75, 3.05) is 6.54 Å². The molecule has 1 N–H and O–H groups in total. The number of aliphatic carboxylic acids is 1. The molecule has 2 saturated carbocycles. The second-order valence-corrected chi connectivity index (χ2v) is 7.19. The topological polar surface area (TPSA) is 74.7 Å². The van der Waals surface area contributed by atoms with Crippen molar-refractivity contribution >= 4 is 17.8 Å². The van der Waals surface area contributed by atoms with Gasteiger partial charge in [-0.25, -0.2) is 0 Å². The molecule has 4 aliphatic carbocycles. The Labute approximate surface area is 129 Å². The number of likely N-dealkylation sites (tertiary alicyclic amines) is 1. The zero-order chi connectivity index (χ0) is 15.4. The summed E-state index contributed by atoms with van der Waals surface area (Å²) in [5.41, 5.74) is 0. The first-order valence-corrected chi connectivity index (χ1v) is 8.35. The molecule has 0 unspecified atom stereocenters. The predicted octanol–water partition coefficient (Wildman–Crippen LogP) is 1.68. The minimum absolute atomic E-state index is 0.0259. The molecular formula is C17H21NO4. The summed E-state index contributed by atoms with van der Waals surface area (Å²) >= 11 is 0. The molecule has 1 saturated heterocycles. The van der Waals surface area contributed by atoms with Gasteiger partial charge in [0.2, 0.25) is 11.8 Å². The van der Waals surface area contributed by atoms with Gasteiger partial charge in [0.05, 0.1) is 11.8 Å². The highest BCUT2D eigenvalue weighted by molar-refractivity contribution is 6.06. The third kappa shape index (κ3) is 1.94. The van der Waals surface area contributed by atoms with Crippen LogP contribution in [-0.4, -0.2) is 34.3 Å². The van der Waals surface area contributed by atoms with Crippen molar-refractivity contribution < 1.29 is 19.5 Å². The molecule has 5 heteroatoms. The Bertz CT molecular complexity index is 533. The molecule has 1 heterocycles. The minimum Gasteiger partial charge on any atom is -0.481 e. The van der Waals surface area contributed by atoms with Gasteiger partial charge in [0.1, 0.15) is 0 Å². The summed E-state index contributed by atoms with van der Waals surface area (Å²) in [6, 6.07) is 0. The largest absolute Gasteiger partial charge is 0.481 e. The van der Waals surface area contributed by atoms with Gasteiger partial charge in [-0.05, 0) is 42.9 Å². The summed E-state index contributed by atoms with van der Waals surface area (Å²) in [5.74, 6) is 0.904. The molecule has 5 aliphatic rings. The number of rotatable bonds is 6. The third-order valence-electron chi connectivity index (χ3n) is 6.03. The van der Waals surface area contributed by atoms with Crippen molar-refractivity contribution in [1.29, 1.82) is 0 Å². The summed E-state index contributed by atoms with van der Waals surface area (Å²) in [7, 11) is 0. The van der Waals surface area contributed by atoms with E-state index in [4.69, 9.17) is 5.11 Å². The lowest BCUT2D eigenvalue weighted by molar-refractivity contribution is -0.141. The maximum absolute atomic E-state index is 12.7. The van der Waals surface area contributed by atoms with Crippen LogP contribution in [0.3, 0.4) is 0 Å². The Hall–Kier alpha value is -1.65. The van der Waals surface area contributed by atoms with Crippen molar-refractivity contribution in [2.45, 2.75) is 32.1 Å². The number of carboxylic acids is 1. The maximum atomic E-state index is 12.7.